The Labute approximate surface area is 347 Å². The number of unbranched alkanes of at least 4 members (excludes halogenated alkanes) is 5. The van der Waals surface area contributed by atoms with Gasteiger partial charge in [0.1, 0.15) is 18.4 Å². The lowest BCUT2D eigenvalue weighted by molar-refractivity contribution is -0.698. The van der Waals surface area contributed by atoms with Crippen molar-refractivity contribution < 1.29 is 9.30 Å². The van der Waals surface area contributed by atoms with E-state index in [0.717, 1.165) is 38.2 Å². The second-order valence-corrected chi connectivity index (χ2v) is 19.3. The third-order valence-corrected chi connectivity index (χ3v) is 13.1. The summed E-state index contributed by atoms with van der Waals surface area (Å²) in [6.07, 6.45) is 24.0. The van der Waals surface area contributed by atoms with E-state index in [0.29, 0.717) is 0 Å². The number of pyridine rings is 1. The van der Waals surface area contributed by atoms with Gasteiger partial charge in [0.25, 0.3) is 0 Å². The first-order valence-corrected chi connectivity index (χ1v) is 22.4. The number of fused-ring (bicyclic) bond motifs is 2. The molecule has 6 rings (SSSR count). The van der Waals surface area contributed by atoms with Crippen molar-refractivity contribution >= 4 is 11.4 Å². The Balaban J connectivity index is 1.39. The van der Waals surface area contributed by atoms with Crippen molar-refractivity contribution in [3.05, 3.63) is 136 Å². The van der Waals surface area contributed by atoms with Gasteiger partial charge in [-0.1, -0.05) is 135 Å². The molecular formula is C53H74N3O+. The number of hydrogen-bond donors (Lipinski definition) is 0. The molecule has 2 aromatic carbocycles. The maximum atomic E-state index is 7.50. The van der Waals surface area contributed by atoms with Gasteiger partial charge in [-0.3, -0.25) is 0 Å². The third-order valence-electron chi connectivity index (χ3n) is 13.1. The van der Waals surface area contributed by atoms with Crippen LogP contribution in [-0.2, 0) is 22.1 Å². The van der Waals surface area contributed by atoms with Crippen LogP contribution in [0.4, 0.5) is 11.4 Å². The third kappa shape index (κ3) is 8.86. The molecule has 0 spiro atoms. The zero-order valence-electron chi connectivity index (χ0n) is 37.8. The average Bonchev–Trinajstić information content (AvgIpc) is 3.72. The number of aromatic nitrogens is 1. The van der Waals surface area contributed by atoms with Crippen molar-refractivity contribution in [2.75, 3.05) is 22.9 Å². The first kappa shape index (κ1) is 42.6. The molecular weight excluding hydrogens is 695 g/mol. The second kappa shape index (κ2) is 17.4. The molecule has 306 valence electrons. The highest BCUT2D eigenvalue weighted by atomic mass is 16.5. The number of benzene rings is 2. The molecule has 2 unspecified atom stereocenters. The molecule has 0 saturated heterocycles. The topological polar surface area (TPSA) is 19.6 Å². The highest BCUT2D eigenvalue weighted by Crippen LogP contribution is 2.50. The smallest absolute Gasteiger partial charge is 0.175 e. The van der Waals surface area contributed by atoms with Gasteiger partial charge >= 0.3 is 0 Å². The molecule has 3 heterocycles. The quantitative estimate of drug-likeness (QED) is 0.113. The summed E-state index contributed by atoms with van der Waals surface area (Å²) < 4.78 is 9.89. The summed E-state index contributed by atoms with van der Waals surface area (Å²) >= 11 is 0. The average molecular weight is 769 g/mol. The van der Waals surface area contributed by atoms with E-state index in [2.05, 4.69) is 183 Å². The van der Waals surface area contributed by atoms with E-state index in [-0.39, 0.29) is 28.4 Å². The fourth-order valence-electron chi connectivity index (χ4n) is 9.79. The van der Waals surface area contributed by atoms with Crippen molar-refractivity contribution in [1.82, 2.24) is 0 Å². The summed E-state index contributed by atoms with van der Waals surface area (Å²) in [5.41, 5.74) is 13.2. The second-order valence-electron chi connectivity index (χ2n) is 19.3. The van der Waals surface area contributed by atoms with E-state index in [9.17, 15) is 0 Å². The molecule has 4 heteroatoms. The van der Waals surface area contributed by atoms with Crippen LogP contribution in [0.5, 0.6) is 0 Å². The number of anilines is 2. The number of hydrogen-bond acceptors (Lipinski definition) is 3. The van der Waals surface area contributed by atoms with Crippen LogP contribution in [-0.4, -0.2) is 19.1 Å². The van der Waals surface area contributed by atoms with E-state index in [1.54, 1.807) is 0 Å². The fraction of sp³-hybridized carbons (Fsp3) is 0.528. The first-order chi connectivity index (χ1) is 27.1. The standard InChI is InChI=1S/C53H74N3O/c1-13-16-17-18-19-20-33-54-34-21-22-42(37-54)50(51(6,7)8)57-49-40(27-31-47-52(9,10)43-35-38(4)23-29-45(43)55(47)14-2)25-26-41(49)28-32-48-53(11,12)44-36-39(5)24-30-46(44)56(48)15-3/h21-24,27-32,34-37,47,50H,13-20,25-26,33H2,1-12H3/q+1/b31-27+,41-28+,48-32+. The molecule has 0 amide bonds. The Morgan fingerprint density at radius 2 is 1.51 bits per heavy atom. The minimum atomic E-state index is -0.120. The van der Waals surface area contributed by atoms with Crippen LogP contribution in [0.1, 0.15) is 155 Å². The molecule has 0 fully saturated rings. The van der Waals surface area contributed by atoms with Crippen molar-refractivity contribution in [2.24, 2.45) is 5.41 Å². The van der Waals surface area contributed by atoms with Crippen LogP contribution in [0, 0.1) is 19.3 Å². The molecule has 1 aliphatic carbocycles. The number of likely N-dealkylation sites (N-methyl/N-ethyl adjacent to an activating group) is 2. The number of nitrogens with zero attached hydrogens (tertiary/aromatic N) is 3. The van der Waals surface area contributed by atoms with Gasteiger partial charge in [-0.25, -0.2) is 4.57 Å². The lowest BCUT2D eigenvalue weighted by atomic mass is 9.79. The lowest BCUT2D eigenvalue weighted by Gasteiger charge is -2.32. The summed E-state index contributed by atoms with van der Waals surface area (Å²) in [6.45, 7) is 30.8. The number of rotatable bonds is 15. The molecule has 1 aromatic heterocycles. The molecule has 0 radical (unpaired) electrons. The van der Waals surface area contributed by atoms with E-state index in [1.807, 2.05) is 0 Å². The predicted octanol–water partition coefficient (Wildman–Crippen LogP) is 13.5. The molecule has 0 bridgehead atoms. The largest absolute Gasteiger partial charge is 0.484 e. The van der Waals surface area contributed by atoms with E-state index < -0.39 is 0 Å². The minimum absolute atomic E-state index is 0.0101. The molecule has 2 aliphatic heterocycles. The van der Waals surface area contributed by atoms with Crippen LogP contribution in [0.25, 0.3) is 0 Å². The molecule has 0 saturated carbocycles. The normalized spacial score (nSPS) is 20.7. The monoisotopic (exact) mass is 769 g/mol. The Morgan fingerprint density at radius 3 is 2.19 bits per heavy atom. The van der Waals surface area contributed by atoms with Crippen LogP contribution in [0.15, 0.2) is 108 Å². The van der Waals surface area contributed by atoms with Crippen LogP contribution < -0.4 is 14.4 Å². The molecule has 4 nitrogen and oxygen atoms in total. The zero-order chi connectivity index (χ0) is 41.1. The summed E-state index contributed by atoms with van der Waals surface area (Å²) in [5.74, 6) is 1.06. The number of allylic oxidation sites excluding steroid dienone is 6. The van der Waals surface area contributed by atoms with E-state index in [4.69, 9.17) is 4.74 Å². The molecule has 0 N–H and O–H groups in total. The van der Waals surface area contributed by atoms with Gasteiger partial charge in [-0.05, 0) is 93.5 Å². The van der Waals surface area contributed by atoms with Crippen molar-refractivity contribution in [1.29, 1.82) is 0 Å². The maximum Gasteiger partial charge on any atom is 0.175 e. The zero-order valence-corrected chi connectivity index (χ0v) is 37.8. The fourth-order valence-corrected chi connectivity index (χ4v) is 9.79. The summed E-state index contributed by atoms with van der Waals surface area (Å²) in [4.78, 5) is 5.10. The summed E-state index contributed by atoms with van der Waals surface area (Å²) in [5, 5.41) is 0. The van der Waals surface area contributed by atoms with Gasteiger partial charge < -0.3 is 14.5 Å². The minimum Gasteiger partial charge on any atom is -0.484 e. The summed E-state index contributed by atoms with van der Waals surface area (Å²) in [6, 6.07) is 18.7. The molecule has 3 aliphatic rings. The van der Waals surface area contributed by atoms with Gasteiger partial charge in [0.15, 0.2) is 12.4 Å². The predicted molar refractivity (Wildman–Crippen MR) is 243 cm³/mol. The van der Waals surface area contributed by atoms with Crippen molar-refractivity contribution in [2.45, 2.75) is 164 Å². The van der Waals surface area contributed by atoms with Gasteiger partial charge in [0.2, 0.25) is 0 Å². The van der Waals surface area contributed by atoms with Gasteiger partial charge in [0.05, 0.1) is 11.6 Å². The first-order valence-electron chi connectivity index (χ1n) is 22.4. The Morgan fingerprint density at radius 1 is 0.825 bits per heavy atom. The van der Waals surface area contributed by atoms with Crippen LogP contribution in [0.3, 0.4) is 0 Å². The van der Waals surface area contributed by atoms with Gasteiger partial charge in [-0.2, -0.15) is 0 Å². The Hall–Kier alpha value is -4.05. The highest BCUT2D eigenvalue weighted by Gasteiger charge is 2.43. The Bertz CT molecular complexity index is 2020. The molecule has 3 aromatic rings. The van der Waals surface area contributed by atoms with Crippen LogP contribution >= 0.6 is 0 Å². The van der Waals surface area contributed by atoms with E-state index >= 15 is 0 Å². The Kier molecular flexibility index (Phi) is 13.0. The van der Waals surface area contributed by atoms with Gasteiger partial charge in [-0.15, -0.1) is 0 Å². The SMILES string of the molecule is CCCCCCCC[n+]1cccc(C(OC2=C(/C=C/C3N(CC)c4ccc(C)cc4C3(C)C)CC/C2=C\C=C2\N(CC)c3ccc(C)cc3C2(C)C)C(C)(C)C)c1. The lowest BCUT2D eigenvalue weighted by Crippen LogP contribution is -2.39. The number of ether oxygens (including phenoxy) is 1. The molecule has 2 atom stereocenters. The van der Waals surface area contributed by atoms with Crippen molar-refractivity contribution in [3.8, 4) is 0 Å². The van der Waals surface area contributed by atoms with Gasteiger partial charge in [0, 0.05) is 58.9 Å². The van der Waals surface area contributed by atoms with Crippen molar-refractivity contribution in [3.63, 3.8) is 0 Å². The van der Waals surface area contributed by atoms with E-state index in [1.165, 1.54) is 94.6 Å². The van der Waals surface area contributed by atoms with Crippen LogP contribution in [0.2, 0.25) is 0 Å². The number of aryl methyl sites for hydroxylation is 3. The molecule has 57 heavy (non-hydrogen) atoms. The summed E-state index contributed by atoms with van der Waals surface area (Å²) in [7, 11) is 0. The maximum absolute atomic E-state index is 7.50. The highest BCUT2D eigenvalue weighted by molar-refractivity contribution is 5.71.